The Morgan fingerprint density at radius 1 is 1.14 bits per heavy atom. The maximum Gasteiger partial charge on any atom is 0.408 e. The summed E-state index contributed by atoms with van der Waals surface area (Å²) in [6, 6.07) is 0.636. The van der Waals surface area contributed by atoms with Crippen LogP contribution in [-0.4, -0.2) is 112 Å². The molecule has 4 amide bonds. The number of carboxylic acid groups (broad SMARTS) is 1. The highest BCUT2D eigenvalue weighted by Gasteiger charge is 2.64. The average Bonchev–Trinajstić information content (AvgIpc) is 4.05. The minimum absolute atomic E-state index is 0.00617. The van der Waals surface area contributed by atoms with E-state index in [1.165, 1.54) is 19.4 Å². The number of rotatable bonds is 10. The molecule has 324 valence electrons. The van der Waals surface area contributed by atoms with Gasteiger partial charge in [-0.15, -0.1) is 0 Å². The number of amides is 4. The third kappa shape index (κ3) is 8.14. The smallest absolute Gasteiger partial charge is 0.408 e. The van der Waals surface area contributed by atoms with Crippen LogP contribution in [0.1, 0.15) is 79.6 Å². The number of alkyl halides is 3. The molecule has 1 aromatic heterocycles. The molecule has 0 unspecified atom stereocenters. The maximum absolute atomic E-state index is 15.3. The van der Waals surface area contributed by atoms with Gasteiger partial charge in [-0.1, -0.05) is 26.0 Å². The van der Waals surface area contributed by atoms with E-state index in [1.54, 1.807) is 25.1 Å². The summed E-state index contributed by atoms with van der Waals surface area (Å²) in [7, 11) is -3.15. The number of fused-ring (bicyclic) bond motifs is 3. The summed E-state index contributed by atoms with van der Waals surface area (Å²) in [5.74, 6) is -8.95. The predicted molar refractivity (Wildman–Crippen MR) is 206 cm³/mol. The number of pyridine rings is 1. The highest BCUT2D eigenvalue weighted by Crippen LogP contribution is 2.48. The first kappa shape index (κ1) is 43.9. The van der Waals surface area contributed by atoms with Crippen molar-refractivity contribution in [3.05, 3.63) is 42.4 Å². The van der Waals surface area contributed by atoms with Crippen molar-refractivity contribution in [2.75, 3.05) is 20.3 Å². The third-order valence-electron chi connectivity index (χ3n) is 12.7. The summed E-state index contributed by atoms with van der Waals surface area (Å²) in [4.78, 5) is 62.4. The van der Waals surface area contributed by atoms with Gasteiger partial charge in [0, 0.05) is 36.9 Å². The van der Waals surface area contributed by atoms with Gasteiger partial charge in [0.15, 0.2) is 0 Å². The molecule has 3 fully saturated rings. The summed E-state index contributed by atoms with van der Waals surface area (Å²) < 4.78 is 97.5. The zero-order chi connectivity index (χ0) is 43.5. The number of hydrogen-bond donors (Lipinski definition) is 3. The van der Waals surface area contributed by atoms with Gasteiger partial charge in [0.1, 0.15) is 52.3 Å². The van der Waals surface area contributed by atoms with Crippen molar-refractivity contribution in [3.63, 3.8) is 0 Å². The molecule has 7 atom stereocenters. The third-order valence-corrected chi connectivity index (χ3v) is 14.8. The normalized spacial score (nSPS) is 28.7. The van der Waals surface area contributed by atoms with Crippen LogP contribution >= 0.6 is 0 Å². The highest BCUT2D eigenvalue weighted by molar-refractivity contribution is 7.91. The molecule has 4 aliphatic rings. The van der Waals surface area contributed by atoms with E-state index >= 15 is 13.6 Å². The highest BCUT2D eigenvalue weighted by atomic mass is 32.2. The fraction of sp³-hybridized carbons (Fsp3) is 0.625. The van der Waals surface area contributed by atoms with Crippen LogP contribution in [0.15, 0.2) is 36.5 Å². The van der Waals surface area contributed by atoms with E-state index in [9.17, 15) is 36.7 Å². The summed E-state index contributed by atoms with van der Waals surface area (Å²) >= 11 is 0. The minimum atomic E-state index is -4.50. The van der Waals surface area contributed by atoms with Gasteiger partial charge in [-0.25, -0.2) is 35.8 Å². The van der Waals surface area contributed by atoms with Gasteiger partial charge in [-0.3, -0.25) is 24.0 Å². The molecule has 2 aliphatic carbocycles. The molecule has 6 rings (SSSR count). The summed E-state index contributed by atoms with van der Waals surface area (Å²) in [6.45, 7) is 4.44. The zero-order valence-corrected chi connectivity index (χ0v) is 34.6. The first-order chi connectivity index (χ1) is 27.5. The monoisotopic (exact) mass is 853 g/mol. The van der Waals surface area contributed by atoms with Crippen molar-refractivity contribution >= 4 is 44.6 Å². The first-order valence-corrected chi connectivity index (χ1v) is 21.1. The Balaban J connectivity index is 1.43. The van der Waals surface area contributed by atoms with Gasteiger partial charge in [0.05, 0.1) is 19.0 Å². The van der Waals surface area contributed by atoms with Crippen molar-refractivity contribution in [3.8, 4) is 11.6 Å². The molecule has 1 saturated heterocycles. The van der Waals surface area contributed by atoms with Gasteiger partial charge in [0.2, 0.25) is 27.7 Å². The van der Waals surface area contributed by atoms with Crippen LogP contribution in [-0.2, 0) is 24.4 Å². The predicted octanol–water partition coefficient (Wildman–Crippen LogP) is 5.35. The number of nitrogens with one attached hydrogen (secondary N) is 2. The number of halogens is 4. The molecule has 14 nitrogen and oxygen atoms in total. The van der Waals surface area contributed by atoms with E-state index < -0.39 is 105 Å². The van der Waals surface area contributed by atoms with Crippen LogP contribution in [0.5, 0.6) is 11.6 Å². The lowest BCUT2D eigenvalue weighted by molar-refractivity contribution is -0.156. The second-order valence-corrected chi connectivity index (χ2v) is 19.3. The Labute approximate surface area is 340 Å². The largest absolute Gasteiger partial charge is 0.496 e. The van der Waals surface area contributed by atoms with E-state index in [-0.39, 0.29) is 55.0 Å². The number of benzene rings is 1. The Morgan fingerprint density at radius 3 is 2.44 bits per heavy atom. The molecule has 0 bridgehead atoms. The second kappa shape index (κ2) is 15.7. The summed E-state index contributed by atoms with van der Waals surface area (Å²) in [5, 5.41) is 13.9. The standard InChI is InChI=1S/C40H51F4N5O9S/c1-22-9-7-8-10-24-19-40(24,35(52)47-59(55,56)39(21-41)12-13-39)46-32(50)29-18-26(58-33-28-16-25(42)17-30(57-6)27(28)11-14-45-33)20-48(29)34(51)31(23(2)15-22)49(36(53)54)37(3,4)38(5,43)44/h8,10-11,14,16-17,22-24,26,29,31H,7,9,12-13,15,18-21H2,1-6H3,(H,46,50)(H,47,52)(H,53,54)/t22-,23+,24+,26+,29-,31-,40+/m0/s1. The molecule has 3 heterocycles. The number of carbonyl (C=O) groups excluding carboxylic acids is 3. The fourth-order valence-corrected chi connectivity index (χ4v) is 9.85. The Morgan fingerprint density at radius 2 is 1.83 bits per heavy atom. The first-order valence-electron chi connectivity index (χ1n) is 19.6. The average molecular weight is 854 g/mol. The number of methoxy groups -OCH3 is 1. The number of carbonyl (C=O) groups is 4. The molecule has 19 heteroatoms. The Bertz CT molecular complexity index is 2150. The van der Waals surface area contributed by atoms with Crippen molar-refractivity contribution in [1.82, 2.24) is 24.8 Å². The number of aromatic nitrogens is 1. The van der Waals surface area contributed by atoms with Crippen LogP contribution in [0.3, 0.4) is 0 Å². The lowest BCUT2D eigenvalue weighted by Crippen LogP contribution is -2.66. The number of allylic oxidation sites excluding steroid dienone is 1. The van der Waals surface area contributed by atoms with Crippen LogP contribution in [0.25, 0.3) is 10.8 Å². The van der Waals surface area contributed by atoms with Gasteiger partial charge in [0.25, 0.3) is 11.8 Å². The molecule has 3 N–H and O–H groups in total. The van der Waals surface area contributed by atoms with Gasteiger partial charge < -0.3 is 24.8 Å². The number of hydrogen-bond acceptors (Lipinski definition) is 9. The van der Waals surface area contributed by atoms with Gasteiger partial charge in [-0.2, -0.15) is 0 Å². The van der Waals surface area contributed by atoms with Gasteiger partial charge in [-0.05, 0) is 76.3 Å². The Hall–Kier alpha value is -4.68. The van der Waals surface area contributed by atoms with E-state index in [0.29, 0.717) is 30.1 Å². The molecule has 2 aliphatic heterocycles. The Kier molecular flexibility index (Phi) is 11.7. The van der Waals surface area contributed by atoms with E-state index in [4.69, 9.17) is 9.47 Å². The summed E-state index contributed by atoms with van der Waals surface area (Å²) in [5.41, 5.74) is -4.26. The number of nitrogens with zero attached hydrogens (tertiary/aromatic N) is 3. The molecule has 2 aromatic rings. The molecular weight excluding hydrogens is 803 g/mol. The van der Waals surface area contributed by atoms with E-state index in [0.717, 1.165) is 24.8 Å². The number of ether oxygens (including phenoxy) is 2. The lowest BCUT2D eigenvalue weighted by atomic mass is 9.84. The fourth-order valence-electron chi connectivity index (χ4n) is 8.42. The minimum Gasteiger partial charge on any atom is -0.496 e. The van der Waals surface area contributed by atoms with E-state index in [2.05, 4.69) is 10.3 Å². The van der Waals surface area contributed by atoms with E-state index in [1.807, 2.05) is 11.6 Å². The number of sulfonamides is 1. The van der Waals surface area contributed by atoms with Crippen LogP contribution in [0.4, 0.5) is 22.4 Å². The second-order valence-electron chi connectivity index (χ2n) is 17.2. The van der Waals surface area contributed by atoms with Crippen molar-refractivity contribution in [2.24, 2.45) is 17.8 Å². The lowest BCUT2D eigenvalue weighted by Gasteiger charge is -2.47. The zero-order valence-electron chi connectivity index (χ0n) is 33.8. The molecule has 0 spiro atoms. The van der Waals surface area contributed by atoms with Crippen LogP contribution < -0.4 is 19.5 Å². The van der Waals surface area contributed by atoms with Crippen LogP contribution in [0, 0.1) is 23.6 Å². The molecule has 59 heavy (non-hydrogen) atoms. The molecule has 2 saturated carbocycles. The molecular formula is C40H51F4N5O9S. The molecule has 0 radical (unpaired) electrons. The van der Waals surface area contributed by atoms with Crippen molar-refractivity contribution in [2.45, 2.75) is 119 Å². The summed E-state index contributed by atoms with van der Waals surface area (Å²) in [6.07, 6.45) is 2.85. The SMILES string of the molecule is COc1cc(F)cc2c(O[C@@H]3C[C@H]4C(=O)N[C@]5(C(=O)NS(=O)(=O)C6(CF)CC6)C[C@H]5C=CCC[C@H](C)C[C@@H](C)[C@H](N(C(=O)O)C(C)(C)C(C)(F)F)C(=O)N4C3)nccc12. The van der Waals surface area contributed by atoms with Crippen LogP contribution in [0.2, 0.25) is 0 Å². The topological polar surface area (TPSA) is 185 Å². The molecule has 1 aromatic carbocycles. The van der Waals surface area contributed by atoms with Crippen molar-refractivity contribution in [1.29, 1.82) is 0 Å². The van der Waals surface area contributed by atoms with Gasteiger partial charge >= 0.3 is 6.09 Å². The maximum atomic E-state index is 15.3. The van der Waals surface area contributed by atoms with Crippen molar-refractivity contribution < 1.29 is 59.7 Å². The quantitative estimate of drug-likeness (QED) is 0.208.